The SMILES string of the molecule is Cc1n[nH]c(C)c1CC(=O)Nc1cc(C2CCCC2)nn1C. The quantitative estimate of drug-likeness (QED) is 0.911. The first-order valence-electron chi connectivity index (χ1n) is 7.89. The lowest BCUT2D eigenvalue weighted by atomic mass is 10.0. The molecule has 0 aliphatic heterocycles. The third-order valence-corrected chi connectivity index (χ3v) is 4.56. The molecule has 0 bridgehead atoms. The van der Waals surface area contributed by atoms with E-state index in [1.165, 1.54) is 25.7 Å². The third-order valence-electron chi connectivity index (χ3n) is 4.56. The minimum absolute atomic E-state index is 0.0337. The average molecular weight is 301 g/mol. The summed E-state index contributed by atoms with van der Waals surface area (Å²) in [6.07, 6.45) is 5.30. The molecule has 22 heavy (non-hydrogen) atoms. The molecule has 3 rings (SSSR count). The van der Waals surface area contributed by atoms with Crippen LogP contribution >= 0.6 is 0 Å². The number of aromatic amines is 1. The number of hydrogen-bond acceptors (Lipinski definition) is 3. The number of aryl methyl sites for hydroxylation is 3. The summed E-state index contributed by atoms with van der Waals surface area (Å²) in [6, 6.07) is 2.02. The van der Waals surface area contributed by atoms with Crippen LogP contribution in [-0.4, -0.2) is 25.9 Å². The molecule has 0 spiro atoms. The first-order valence-corrected chi connectivity index (χ1v) is 7.89. The van der Waals surface area contributed by atoms with Crippen molar-refractivity contribution in [2.24, 2.45) is 7.05 Å². The standard InChI is InChI=1S/C16H23N5O/c1-10-13(11(2)19-18-10)8-16(22)17-15-9-14(20-21(15)3)12-6-4-5-7-12/h9,12H,4-8H2,1-3H3,(H,17,22)(H,18,19). The number of nitrogens with zero attached hydrogens (tertiary/aromatic N) is 3. The Morgan fingerprint density at radius 1 is 1.41 bits per heavy atom. The first-order chi connectivity index (χ1) is 10.5. The van der Waals surface area contributed by atoms with Gasteiger partial charge in [-0.15, -0.1) is 0 Å². The first kappa shape index (κ1) is 14.8. The predicted molar refractivity (Wildman–Crippen MR) is 84.8 cm³/mol. The number of aromatic nitrogens is 4. The van der Waals surface area contributed by atoms with Gasteiger partial charge in [0, 0.05) is 30.3 Å². The molecule has 0 saturated heterocycles. The van der Waals surface area contributed by atoms with Crippen molar-refractivity contribution in [2.75, 3.05) is 5.32 Å². The molecule has 2 aromatic rings. The van der Waals surface area contributed by atoms with Crippen LogP contribution in [0.4, 0.5) is 5.82 Å². The minimum Gasteiger partial charge on any atom is -0.311 e. The molecule has 2 heterocycles. The molecular formula is C16H23N5O. The monoisotopic (exact) mass is 301 g/mol. The van der Waals surface area contributed by atoms with Crippen molar-refractivity contribution in [3.05, 3.63) is 28.7 Å². The lowest BCUT2D eigenvalue weighted by molar-refractivity contribution is -0.115. The van der Waals surface area contributed by atoms with E-state index in [1.807, 2.05) is 27.0 Å². The van der Waals surface area contributed by atoms with Gasteiger partial charge in [0.1, 0.15) is 5.82 Å². The fraction of sp³-hybridized carbons (Fsp3) is 0.562. The third kappa shape index (κ3) is 2.91. The van der Waals surface area contributed by atoms with Gasteiger partial charge < -0.3 is 5.32 Å². The molecule has 0 atom stereocenters. The predicted octanol–water partition coefficient (Wildman–Crippen LogP) is 2.60. The Balaban J connectivity index is 1.69. The molecule has 118 valence electrons. The summed E-state index contributed by atoms with van der Waals surface area (Å²) >= 11 is 0. The van der Waals surface area contributed by atoms with Gasteiger partial charge in [-0.1, -0.05) is 12.8 Å². The van der Waals surface area contributed by atoms with Gasteiger partial charge >= 0.3 is 0 Å². The summed E-state index contributed by atoms with van der Waals surface area (Å²) in [6.45, 7) is 3.85. The molecule has 1 fully saturated rings. The number of anilines is 1. The minimum atomic E-state index is -0.0337. The number of H-pyrrole nitrogens is 1. The fourth-order valence-corrected chi connectivity index (χ4v) is 3.21. The maximum atomic E-state index is 12.3. The Bertz CT molecular complexity index is 659. The molecule has 1 aliphatic rings. The van der Waals surface area contributed by atoms with Crippen LogP contribution in [0.2, 0.25) is 0 Å². The molecule has 6 heteroatoms. The van der Waals surface area contributed by atoms with E-state index in [0.717, 1.165) is 28.5 Å². The van der Waals surface area contributed by atoms with E-state index >= 15 is 0 Å². The van der Waals surface area contributed by atoms with E-state index in [-0.39, 0.29) is 5.91 Å². The Hall–Kier alpha value is -2.11. The molecule has 2 aromatic heterocycles. The normalized spacial score (nSPS) is 15.4. The number of nitrogens with one attached hydrogen (secondary N) is 2. The zero-order valence-corrected chi connectivity index (χ0v) is 13.4. The Labute approximate surface area is 130 Å². The largest absolute Gasteiger partial charge is 0.311 e. The van der Waals surface area contributed by atoms with Crippen molar-refractivity contribution in [3.8, 4) is 0 Å². The van der Waals surface area contributed by atoms with Crippen molar-refractivity contribution in [3.63, 3.8) is 0 Å². The van der Waals surface area contributed by atoms with E-state index in [1.54, 1.807) is 4.68 Å². The van der Waals surface area contributed by atoms with Gasteiger partial charge in [0.25, 0.3) is 0 Å². The van der Waals surface area contributed by atoms with Gasteiger partial charge in [-0.2, -0.15) is 10.2 Å². The number of amides is 1. The van der Waals surface area contributed by atoms with Crippen LogP contribution in [-0.2, 0) is 18.3 Å². The molecular weight excluding hydrogens is 278 g/mol. The molecule has 6 nitrogen and oxygen atoms in total. The maximum Gasteiger partial charge on any atom is 0.230 e. The highest BCUT2D eigenvalue weighted by atomic mass is 16.1. The molecule has 0 aromatic carbocycles. The van der Waals surface area contributed by atoms with E-state index < -0.39 is 0 Å². The van der Waals surface area contributed by atoms with Crippen LogP contribution < -0.4 is 5.32 Å². The van der Waals surface area contributed by atoms with Crippen LogP contribution in [0, 0.1) is 13.8 Å². The van der Waals surface area contributed by atoms with E-state index in [0.29, 0.717) is 12.3 Å². The van der Waals surface area contributed by atoms with Crippen molar-refractivity contribution in [1.29, 1.82) is 0 Å². The van der Waals surface area contributed by atoms with E-state index in [2.05, 4.69) is 20.6 Å². The second-order valence-corrected chi connectivity index (χ2v) is 6.20. The topological polar surface area (TPSA) is 75.6 Å². The van der Waals surface area contributed by atoms with Crippen LogP contribution in [0.25, 0.3) is 0 Å². The Kier molecular flexibility index (Phi) is 4.00. The van der Waals surface area contributed by atoms with Crippen molar-refractivity contribution < 1.29 is 4.79 Å². The highest BCUT2D eigenvalue weighted by molar-refractivity contribution is 5.91. The summed E-state index contributed by atoms with van der Waals surface area (Å²) in [7, 11) is 1.88. The lowest BCUT2D eigenvalue weighted by Gasteiger charge is -2.05. The fourth-order valence-electron chi connectivity index (χ4n) is 3.21. The van der Waals surface area contributed by atoms with Gasteiger partial charge in [-0.25, -0.2) is 0 Å². The number of carbonyl (C=O) groups is 1. The van der Waals surface area contributed by atoms with Crippen molar-refractivity contribution >= 4 is 11.7 Å². The lowest BCUT2D eigenvalue weighted by Crippen LogP contribution is -2.17. The maximum absolute atomic E-state index is 12.3. The second kappa shape index (κ2) is 5.94. The van der Waals surface area contributed by atoms with E-state index in [4.69, 9.17) is 0 Å². The van der Waals surface area contributed by atoms with Crippen LogP contribution in [0.3, 0.4) is 0 Å². The second-order valence-electron chi connectivity index (χ2n) is 6.20. The van der Waals surface area contributed by atoms with Crippen LogP contribution in [0.15, 0.2) is 6.07 Å². The van der Waals surface area contributed by atoms with Gasteiger partial charge in [0.05, 0.1) is 17.8 Å². The molecule has 1 amide bonds. The molecule has 1 aliphatic carbocycles. The highest BCUT2D eigenvalue weighted by Crippen LogP contribution is 2.34. The Morgan fingerprint density at radius 2 is 2.14 bits per heavy atom. The number of rotatable bonds is 4. The van der Waals surface area contributed by atoms with Crippen molar-refractivity contribution in [2.45, 2.75) is 51.9 Å². The zero-order chi connectivity index (χ0) is 15.7. The van der Waals surface area contributed by atoms with Gasteiger partial charge in [-0.3, -0.25) is 14.6 Å². The van der Waals surface area contributed by atoms with Gasteiger partial charge in [0.2, 0.25) is 5.91 Å². The van der Waals surface area contributed by atoms with Crippen LogP contribution in [0.1, 0.15) is 54.2 Å². The average Bonchev–Trinajstić information content (AvgIpc) is 3.18. The highest BCUT2D eigenvalue weighted by Gasteiger charge is 2.21. The zero-order valence-electron chi connectivity index (χ0n) is 13.4. The van der Waals surface area contributed by atoms with Crippen LogP contribution in [0.5, 0.6) is 0 Å². The summed E-state index contributed by atoms with van der Waals surface area (Å²) in [5.41, 5.74) is 3.90. The van der Waals surface area contributed by atoms with Gasteiger partial charge in [0.15, 0.2) is 0 Å². The number of hydrogen-bond donors (Lipinski definition) is 2. The summed E-state index contributed by atoms with van der Waals surface area (Å²) < 4.78 is 1.76. The summed E-state index contributed by atoms with van der Waals surface area (Å²) in [5, 5.41) is 14.6. The summed E-state index contributed by atoms with van der Waals surface area (Å²) in [5.74, 6) is 1.29. The van der Waals surface area contributed by atoms with Gasteiger partial charge in [-0.05, 0) is 26.7 Å². The van der Waals surface area contributed by atoms with E-state index in [9.17, 15) is 4.79 Å². The Morgan fingerprint density at radius 3 is 2.77 bits per heavy atom. The summed E-state index contributed by atoms with van der Waals surface area (Å²) in [4.78, 5) is 12.3. The molecule has 0 unspecified atom stereocenters. The number of carbonyl (C=O) groups excluding carboxylic acids is 1. The van der Waals surface area contributed by atoms with Crippen molar-refractivity contribution in [1.82, 2.24) is 20.0 Å². The molecule has 2 N–H and O–H groups in total. The molecule has 1 saturated carbocycles. The smallest absolute Gasteiger partial charge is 0.230 e. The molecule has 0 radical (unpaired) electrons.